The molecule has 1 fully saturated rings. The lowest BCUT2D eigenvalue weighted by Gasteiger charge is -2.19. The molecule has 1 amide bonds. The SMILES string of the molecule is CCCc1c(OCc2ccc(C(=O)O)cc2OC)ccc(C(=O)N2CCCC2)c1O. The number of amides is 1. The highest BCUT2D eigenvalue weighted by atomic mass is 16.5. The first-order valence-electron chi connectivity index (χ1n) is 10.1. The van der Waals surface area contributed by atoms with Crippen LogP contribution in [0.4, 0.5) is 0 Å². The molecule has 0 saturated carbocycles. The number of carbonyl (C=O) groups is 2. The number of methoxy groups -OCH3 is 1. The molecule has 0 unspecified atom stereocenters. The molecule has 1 aliphatic rings. The van der Waals surface area contributed by atoms with Gasteiger partial charge in [0.2, 0.25) is 0 Å². The van der Waals surface area contributed by atoms with Crippen LogP contribution >= 0.6 is 0 Å². The Bertz CT molecular complexity index is 934. The predicted molar refractivity (Wildman–Crippen MR) is 112 cm³/mol. The van der Waals surface area contributed by atoms with Crippen molar-refractivity contribution in [1.29, 1.82) is 0 Å². The van der Waals surface area contributed by atoms with Crippen molar-refractivity contribution in [2.24, 2.45) is 0 Å². The number of phenolic OH excluding ortho intramolecular Hbond substituents is 1. The first-order valence-corrected chi connectivity index (χ1v) is 10.1. The van der Waals surface area contributed by atoms with Crippen LogP contribution in [0.25, 0.3) is 0 Å². The number of carbonyl (C=O) groups excluding carboxylic acids is 1. The van der Waals surface area contributed by atoms with Crippen LogP contribution in [0, 0.1) is 0 Å². The summed E-state index contributed by atoms with van der Waals surface area (Å²) in [7, 11) is 1.47. The zero-order valence-corrected chi connectivity index (χ0v) is 17.3. The van der Waals surface area contributed by atoms with E-state index in [4.69, 9.17) is 14.6 Å². The van der Waals surface area contributed by atoms with Crippen LogP contribution < -0.4 is 9.47 Å². The number of carboxylic acid groups (broad SMARTS) is 1. The summed E-state index contributed by atoms with van der Waals surface area (Å²) in [6.07, 6.45) is 3.31. The largest absolute Gasteiger partial charge is 0.507 e. The maximum absolute atomic E-state index is 12.7. The summed E-state index contributed by atoms with van der Waals surface area (Å²) in [4.78, 5) is 25.7. The number of aromatic hydroxyl groups is 1. The minimum absolute atomic E-state index is 0.0283. The minimum Gasteiger partial charge on any atom is -0.507 e. The molecule has 2 aromatic carbocycles. The van der Waals surface area contributed by atoms with Gasteiger partial charge in [-0.05, 0) is 43.5 Å². The van der Waals surface area contributed by atoms with E-state index in [9.17, 15) is 14.7 Å². The van der Waals surface area contributed by atoms with Crippen LogP contribution in [0.5, 0.6) is 17.2 Å². The second kappa shape index (κ2) is 9.52. The predicted octanol–water partition coefficient (Wildman–Crippen LogP) is 3.87. The number of hydrogen-bond acceptors (Lipinski definition) is 5. The second-order valence-corrected chi connectivity index (χ2v) is 7.31. The molecule has 0 atom stereocenters. The summed E-state index contributed by atoms with van der Waals surface area (Å²) in [6.45, 7) is 3.56. The quantitative estimate of drug-likeness (QED) is 0.682. The van der Waals surface area contributed by atoms with Gasteiger partial charge < -0.3 is 24.6 Å². The summed E-state index contributed by atoms with van der Waals surface area (Å²) < 4.78 is 11.2. The maximum atomic E-state index is 12.7. The van der Waals surface area contributed by atoms with Crippen molar-refractivity contribution in [2.45, 2.75) is 39.2 Å². The molecule has 0 spiro atoms. The van der Waals surface area contributed by atoms with Gasteiger partial charge in [-0.2, -0.15) is 0 Å². The standard InChI is InChI=1S/C23H27NO6/c1-3-6-17-19(10-9-18(21(17)25)22(26)24-11-4-5-12-24)30-14-16-8-7-15(23(27)28)13-20(16)29-2/h7-10,13,25H,3-6,11-12,14H2,1-2H3,(H,27,28). The van der Waals surface area contributed by atoms with E-state index in [1.807, 2.05) is 6.92 Å². The first kappa shape index (κ1) is 21.5. The lowest BCUT2D eigenvalue weighted by atomic mass is 10.0. The number of likely N-dealkylation sites (tertiary alicyclic amines) is 1. The highest BCUT2D eigenvalue weighted by molar-refractivity contribution is 5.97. The number of benzene rings is 2. The van der Waals surface area contributed by atoms with Crippen LogP contribution in [-0.2, 0) is 13.0 Å². The van der Waals surface area contributed by atoms with Gasteiger partial charge in [0.25, 0.3) is 5.91 Å². The van der Waals surface area contributed by atoms with E-state index in [0.29, 0.717) is 47.7 Å². The van der Waals surface area contributed by atoms with E-state index in [0.717, 1.165) is 19.3 Å². The Morgan fingerprint density at radius 2 is 1.83 bits per heavy atom. The summed E-state index contributed by atoms with van der Waals surface area (Å²) in [5.74, 6) is -0.304. The van der Waals surface area contributed by atoms with Crippen molar-refractivity contribution in [1.82, 2.24) is 4.90 Å². The van der Waals surface area contributed by atoms with Gasteiger partial charge in [0, 0.05) is 24.2 Å². The van der Waals surface area contributed by atoms with Crippen LogP contribution in [0.15, 0.2) is 30.3 Å². The number of aromatic carboxylic acids is 1. The van der Waals surface area contributed by atoms with Crippen LogP contribution in [-0.4, -0.2) is 47.2 Å². The Kier molecular flexibility index (Phi) is 6.82. The topological polar surface area (TPSA) is 96.3 Å². The Balaban J connectivity index is 1.84. The molecule has 7 nitrogen and oxygen atoms in total. The molecule has 30 heavy (non-hydrogen) atoms. The Morgan fingerprint density at radius 3 is 2.47 bits per heavy atom. The second-order valence-electron chi connectivity index (χ2n) is 7.31. The van der Waals surface area contributed by atoms with E-state index in [-0.39, 0.29) is 23.8 Å². The molecule has 1 heterocycles. The summed E-state index contributed by atoms with van der Waals surface area (Å²) in [5, 5.41) is 19.9. The molecule has 3 rings (SSSR count). The summed E-state index contributed by atoms with van der Waals surface area (Å²) in [5.41, 5.74) is 1.71. The Labute approximate surface area is 175 Å². The first-order chi connectivity index (χ1) is 14.5. The number of rotatable bonds is 8. The van der Waals surface area contributed by atoms with Crippen LogP contribution in [0.3, 0.4) is 0 Å². The van der Waals surface area contributed by atoms with Crippen molar-refractivity contribution in [2.75, 3.05) is 20.2 Å². The molecule has 0 aromatic heterocycles. The van der Waals surface area contributed by atoms with Gasteiger partial charge in [0.1, 0.15) is 23.9 Å². The van der Waals surface area contributed by atoms with Crippen molar-refractivity contribution in [3.63, 3.8) is 0 Å². The third-order valence-corrected chi connectivity index (χ3v) is 5.28. The van der Waals surface area contributed by atoms with Crippen molar-refractivity contribution in [3.05, 3.63) is 52.6 Å². The summed E-state index contributed by atoms with van der Waals surface area (Å²) in [6, 6.07) is 7.91. The van der Waals surface area contributed by atoms with Gasteiger partial charge in [-0.25, -0.2) is 4.79 Å². The normalized spacial score (nSPS) is 13.3. The molecular formula is C23H27NO6. The fraction of sp³-hybridized carbons (Fsp3) is 0.391. The lowest BCUT2D eigenvalue weighted by molar-refractivity contribution is 0.0695. The van der Waals surface area contributed by atoms with Crippen molar-refractivity contribution in [3.8, 4) is 17.2 Å². The smallest absolute Gasteiger partial charge is 0.335 e. The highest BCUT2D eigenvalue weighted by Gasteiger charge is 2.24. The lowest BCUT2D eigenvalue weighted by Crippen LogP contribution is -2.27. The zero-order valence-electron chi connectivity index (χ0n) is 17.3. The van der Waals surface area contributed by atoms with Gasteiger partial charge >= 0.3 is 5.97 Å². The number of carboxylic acids is 1. The average Bonchev–Trinajstić information content (AvgIpc) is 3.28. The fourth-order valence-corrected chi connectivity index (χ4v) is 3.66. The monoisotopic (exact) mass is 413 g/mol. The van der Waals surface area contributed by atoms with E-state index in [1.165, 1.54) is 19.2 Å². The van der Waals surface area contributed by atoms with Gasteiger partial charge in [-0.3, -0.25) is 4.79 Å². The number of hydrogen-bond donors (Lipinski definition) is 2. The molecule has 0 aliphatic carbocycles. The highest BCUT2D eigenvalue weighted by Crippen LogP contribution is 2.35. The minimum atomic E-state index is -1.03. The van der Waals surface area contributed by atoms with Crippen LogP contribution in [0.2, 0.25) is 0 Å². The molecule has 0 bridgehead atoms. The summed E-state index contributed by atoms with van der Waals surface area (Å²) >= 11 is 0. The van der Waals surface area contributed by atoms with E-state index in [2.05, 4.69) is 0 Å². The molecule has 7 heteroatoms. The zero-order chi connectivity index (χ0) is 21.7. The van der Waals surface area contributed by atoms with Crippen LogP contribution in [0.1, 0.15) is 58.0 Å². The van der Waals surface area contributed by atoms with E-state index < -0.39 is 5.97 Å². The maximum Gasteiger partial charge on any atom is 0.335 e. The van der Waals surface area contributed by atoms with Gasteiger partial charge in [-0.15, -0.1) is 0 Å². The molecule has 2 aromatic rings. The number of nitrogens with zero attached hydrogens (tertiary/aromatic N) is 1. The van der Waals surface area contributed by atoms with Gasteiger partial charge in [0.15, 0.2) is 0 Å². The molecule has 1 saturated heterocycles. The number of phenols is 1. The molecule has 0 radical (unpaired) electrons. The molecular weight excluding hydrogens is 386 g/mol. The van der Waals surface area contributed by atoms with Gasteiger partial charge in [-0.1, -0.05) is 19.4 Å². The molecule has 1 aliphatic heterocycles. The molecule has 160 valence electrons. The van der Waals surface area contributed by atoms with E-state index in [1.54, 1.807) is 23.1 Å². The Morgan fingerprint density at radius 1 is 1.10 bits per heavy atom. The van der Waals surface area contributed by atoms with E-state index >= 15 is 0 Å². The van der Waals surface area contributed by atoms with Gasteiger partial charge in [0.05, 0.1) is 18.2 Å². The average molecular weight is 413 g/mol. The molecule has 2 N–H and O–H groups in total. The fourth-order valence-electron chi connectivity index (χ4n) is 3.66. The third-order valence-electron chi connectivity index (χ3n) is 5.28. The number of ether oxygens (including phenoxy) is 2. The van der Waals surface area contributed by atoms with Crippen molar-refractivity contribution >= 4 is 11.9 Å². The van der Waals surface area contributed by atoms with Crippen molar-refractivity contribution < 1.29 is 29.3 Å². The third kappa shape index (κ3) is 4.50. The Hall–Kier alpha value is -3.22.